The zero-order valence-electron chi connectivity index (χ0n) is 16.5. The van der Waals surface area contributed by atoms with Crippen LogP contribution >= 0.6 is 12.4 Å². The van der Waals surface area contributed by atoms with E-state index in [9.17, 15) is 9.90 Å². The standard InChI is InChI=1S/C20H32N2O3.ClH/c1-6-22(13-16(23)15-10-8-14(3)9-11-15)18(24)20(21)12-17(25-7-2)19(20,4)5;/h8-11,16-17,23H,6-7,12-13,21H2,1-5H3;1H. The van der Waals surface area contributed by atoms with E-state index in [1.807, 2.05) is 58.9 Å². The number of aliphatic hydroxyl groups is 1. The van der Waals surface area contributed by atoms with Crippen molar-refractivity contribution in [3.63, 3.8) is 0 Å². The molecule has 1 aromatic rings. The molecule has 1 amide bonds. The molecular formula is C20H33ClN2O3. The minimum Gasteiger partial charge on any atom is -0.387 e. The molecule has 0 bridgehead atoms. The zero-order valence-corrected chi connectivity index (χ0v) is 17.3. The highest BCUT2D eigenvalue weighted by Gasteiger charge is 2.63. The molecule has 0 aromatic heterocycles. The molecule has 0 radical (unpaired) electrons. The van der Waals surface area contributed by atoms with Crippen LogP contribution in [0.5, 0.6) is 0 Å². The normalized spacial score (nSPS) is 25.0. The molecule has 1 aliphatic rings. The summed E-state index contributed by atoms with van der Waals surface area (Å²) >= 11 is 0. The molecule has 3 atom stereocenters. The van der Waals surface area contributed by atoms with Crippen LogP contribution in [0.4, 0.5) is 0 Å². The summed E-state index contributed by atoms with van der Waals surface area (Å²) < 4.78 is 5.71. The molecule has 148 valence electrons. The highest BCUT2D eigenvalue weighted by Crippen LogP contribution is 2.50. The maximum Gasteiger partial charge on any atom is 0.243 e. The van der Waals surface area contributed by atoms with Gasteiger partial charge in [0.05, 0.1) is 18.8 Å². The van der Waals surface area contributed by atoms with Gasteiger partial charge in [-0.25, -0.2) is 0 Å². The fourth-order valence-electron chi connectivity index (χ4n) is 3.54. The first-order valence-electron chi connectivity index (χ1n) is 9.11. The number of hydrogen-bond donors (Lipinski definition) is 2. The number of rotatable bonds is 7. The summed E-state index contributed by atoms with van der Waals surface area (Å²) in [6, 6.07) is 7.72. The lowest BCUT2D eigenvalue weighted by Gasteiger charge is -2.58. The lowest BCUT2D eigenvalue weighted by atomic mass is 9.54. The van der Waals surface area contributed by atoms with Crippen molar-refractivity contribution in [2.45, 2.75) is 58.8 Å². The Balaban J connectivity index is 0.00000338. The van der Waals surface area contributed by atoms with Gasteiger partial charge >= 0.3 is 0 Å². The first kappa shape index (κ1) is 22.9. The Kier molecular flexibility index (Phi) is 7.66. The van der Waals surface area contributed by atoms with E-state index in [4.69, 9.17) is 10.5 Å². The maximum atomic E-state index is 13.1. The molecule has 2 rings (SSSR count). The zero-order chi connectivity index (χ0) is 18.8. The van der Waals surface area contributed by atoms with E-state index < -0.39 is 17.1 Å². The predicted molar refractivity (Wildman–Crippen MR) is 106 cm³/mol. The summed E-state index contributed by atoms with van der Waals surface area (Å²) in [6.45, 7) is 11.2. The molecule has 3 N–H and O–H groups in total. The van der Waals surface area contributed by atoms with Crippen molar-refractivity contribution in [3.05, 3.63) is 35.4 Å². The van der Waals surface area contributed by atoms with Gasteiger partial charge in [0, 0.05) is 25.0 Å². The van der Waals surface area contributed by atoms with Crippen molar-refractivity contribution in [3.8, 4) is 0 Å². The van der Waals surface area contributed by atoms with E-state index >= 15 is 0 Å². The lowest BCUT2D eigenvalue weighted by molar-refractivity contribution is -0.180. The SMILES string of the molecule is CCOC1CC(N)(C(=O)N(CC)CC(O)c2ccc(C)cc2)C1(C)C.Cl. The van der Waals surface area contributed by atoms with Crippen molar-refractivity contribution < 1.29 is 14.6 Å². The number of benzene rings is 1. The number of nitrogens with zero attached hydrogens (tertiary/aromatic N) is 1. The molecule has 1 aromatic carbocycles. The Bertz CT molecular complexity index is 606. The van der Waals surface area contributed by atoms with Crippen molar-refractivity contribution in [1.82, 2.24) is 4.90 Å². The van der Waals surface area contributed by atoms with Gasteiger partial charge in [0.2, 0.25) is 5.91 Å². The van der Waals surface area contributed by atoms with Crippen molar-refractivity contribution in [1.29, 1.82) is 0 Å². The third-order valence-corrected chi connectivity index (χ3v) is 5.74. The predicted octanol–water partition coefficient (Wildman–Crippen LogP) is 2.83. The average molecular weight is 385 g/mol. The van der Waals surface area contributed by atoms with Crippen LogP contribution in [-0.4, -0.2) is 47.3 Å². The Morgan fingerprint density at radius 2 is 1.92 bits per heavy atom. The van der Waals surface area contributed by atoms with Gasteiger partial charge in [-0.3, -0.25) is 4.79 Å². The van der Waals surface area contributed by atoms with E-state index in [1.54, 1.807) is 4.90 Å². The van der Waals surface area contributed by atoms with Crippen LogP contribution in [0, 0.1) is 12.3 Å². The van der Waals surface area contributed by atoms with E-state index in [0.29, 0.717) is 19.6 Å². The van der Waals surface area contributed by atoms with E-state index in [0.717, 1.165) is 11.1 Å². The molecule has 0 heterocycles. The van der Waals surface area contributed by atoms with Gasteiger partial charge in [-0.1, -0.05) is 43.7 Å². The molecule has 26 heavy (non-hydrogen) atoms. The first-order valence-corrected chi connectivity index (χ1v) is 9.11. The van der Waals surface area contributed by atoms with Crippen molar-refractivity contribution >= 4 is 18.3 Å². The second kappa shape index (κ2) is 8.70. The summed E-state index contributed by atoms with van der Waals surface area (Å²) in [5, 5.41) is 10.5. The monoisotopic (exact) mass is 384 g/mol. The van der Waals surface area contributed by atoms with Gasteiger partial charge in [0.25, 0.3) is 0 Å². The van der Waals surface area contributed by atoms with Gasteiger partial charge in [-0.2, -0.15) is 0 Å². The molecule has 6 heteroatoms. The lowest BCUT2D eigenvalue weighted by Crippen LogP contribution is -2.76. The Labute approximate surface area is 163 Å². The number of carbonyl (C=O) groups is 1. The number of ether oxygens (including phenoxy) is 1. The van der Waals surface area contributed by atoms with Crippen molar-refractivity contribution in [2.75, 3.05) is 19.7 Å². The number of halogens is 1. The minimum atomic E-state index is -0.949. The van der Waals surface area contributed by atoms with Crippen LogP contribution in [0.1, 0.15) is 51.3 Å². The van der Waals surface area contributed by atoms with Gasteiger partial charge in [-0.15, -0.1) is 12.4 Å². The van der Waals surface area contributed by atoms with Gasteiger partial charge in [0.1, 0.15) is 5.54 Å². The van der Waals surface area contributed by atoms with Crippen LogP contribution in [-0.2, 0) is 9.53 Å². The molecule has 5 nitrogen and oxygen atoms in total. The Morgan fingerprint density at radius 1 is 1.35 bits per heavy atom. The quantitative estimate of drug-likeness (QED) is 0.757. The van der Waals surface area contributed by atoms with E-state index in [1.165, 1.54) is 0 Å². The summed E-state index contributed by atoms with van der Waals surface area (Å²) in [4.78, 5) is 14.8. The molecule has 1 fully saturated rings. The van der Waals surface area contributed by atoms with Crippen LogP contribution in [0.2, 0.25) is 0 Å². The number of carbonyl (C=O) groups excluding carboxylic acids is 1. The van der Waals surface area contributed by atoms with E-state index in [2.05, 4.69) is 0 Å². The topological polar surface area (TPSA) is 75.8 Å². The highest BCUT2D eigenvalue weighted by molar-refractivity contribution is 5.89. The summed E-state index contributed by atoms with van der Waals surface area (Å²) in [5.41, 5.74) is 7.07. The minimum absolute atomic E-state index is 0. The molecule has 0 saturated heterocycles. The fraction of sp³-hybridized carbons (Fsp3) is 0.650. The summed E-state index contributed by atoms with van der Waals surface area (Å²) in [5.74, 6) is -0.109. The number of hydrogen-bond acceptors (Lipinski definition) is 4. The van der Waals surface area contributed by atoms with Gasteiger partial charge in [0.15, 0.2) is 0 Å². The molecule has 0 aliphatic heterocycles. The molecular weight excluding hydrogens is 352 g/mol. The van der Waals surface area contributed by atoms with Crippen LogP contribution in [0.3, 0.4) is 0 Å². The second-order valence-electron chi connectivity index (χ2n) is 7.61. The van der Waals surface area contributed by atoms with Crippen LogP contribution in [0.25, 0.3) is 0 Å². The molecule has 1 saturated carbocycles. The molecule has 3 unspecified atom stereocenters. The van der Waals surface area contributed by atoms with Crippen LogP contribution < -0.4 is 5.73 Å². The van der Waals surface area contributed by atoms with E-state index in [-0.39, 0.29) is 31.0 Å². The third-order valence-electron chi connectivity index (χ3n) is 5.74. The Morgan fingerprint density at radius 3 is 2.38 bits per heavy atom. The number of likely N-dealkylation sites (N-methyl/N-ethyl adjacent to an activating group) is 1. The molecule has 0 spiro atoms. The van der Waals surface area contributed by atoms with Gasteiger partial charge < -0.3 is 20.5 Å². The average Bonchev–Trinajstić information content (AvgIpc) is 2.59. The number of aryl methyl sites for hydroxylation is 1. The molecule has 1 aliphatic carbocycles. The van der Waals surface area contributed by atoms with Crippen LogP contribution in [0.15, 0.2) is 24.3 Å². The Hall–Kier alpha value is -1.14. The summed E-state index contributed by atoms with van der Waals surface area (Å²) in [6.07, 6.45) is -0.213. The smallest absolute Gasteiger partial charge is 0.243 e. The van der Waals surface area contributed by atoms with Crippen molar-refractivity contribution in [2.24, 2.45) is 11.1 Å². The first-order chi connectivity index (χ1) is 11.7. The number of amides is 1. The number of nitrogens with two attached hydrogens (primary N) is 1. The summed E-state index contributed by atoms with van der Waals surface area (Å²) in [7, 11) is 0. The second-order valence-corrected chi connectivity index (χ2v) is 7.61. The third kappa shape index (κ3) is 4.06. The highest BCUT2D eigenvalue weighted by atomic mass is 35.5. The number of aliphatic hydroxyl groups excluding tert-OH is 1. The largest absolute Gasteiger partial charge is 0.387 e. The fourth-order valence-corrected chi connectivity index (χ4v) is 3.54. The maximum absolute atomic E-state index is 13.1. The van der Waals surface area contributed by atoms with Gasteiger partial charge in [-0.05, 0) is 26.3 Å².